The fourth-order valence-corrected chi connectivity index (χ4v) is 3.24. The molecule has 0 aliphatic carbocycles. The summed E-state index contributed by atoms with van der Waals surface area (Å²) in [5, 5.41) is 1.11. The topological polar surface area (TPSA) is 94.1 Å². The second-order valence-corrected chi connectivity index (χ2v) is 6.49. The lowest BCUT2D eigenvalue weighted by Crippen LogP contribution is -2.14. The summed E-state index contributed by atoms with van der Waals surface area (Å²) in [6.45, 7) is 2.01. The number of nitrogens with zero attached hydrogens (tertiary/aromatic N) is 1. The van der Waals surface area contributed by atoms with Gasteiger partial charge in [-0.15, -0.1) is 0 Å². The maximum absolute atomic E-state index is 12.4. The summed E-state index contributed by atoms with van der Waals surface area (Å²) in [5.41, 5.74) is 9.41. The van der Waals surface area contributed by atoms with Gasteiger partial charge in [0.1, 0.15) is 0 Å². The van der Waals surface area contributed by atoms with Gasteiger partial charge in [0.2, 0.25) is 5.89 Å². The number of aromatic nitrogens is 2. The van der Waals surface area contributed by atoms with Crippen LogP contribution in [0, 0.1) is 0 Å². The predicted molar refractivity (Wildman–Crippen MR) is 107 cm³/mol. The van der Waals surface area contributed by atoms with Crippen molar-refractivity contribution in [3.63, 3.8) is 0 Å². The summed E-state index contributed by atoms with van der Waals surface area (Å²) in [6, 6.07) is 16.9. The number of carbonyl (C=O) groups excluding carboxylic acids is 1. The smallest absolute Gasteiger partial charge is 0.360 e. The van der Waals surface area contributed by atoms with Crippen LogP contribution in [0.3, 0.4) is 0 Å². The van der Waals surface area contributed by atoms with Gasteiger partial charge in [-0.2, -0.15) is 0 Å². The second kappa shape index (κ2) is 7.70. The number of fused-ring (bicyclic) bond motifs is 1. The SMILES string of the molecule is CCOC(=O)c1nc([C@H](N)Cc2c[nH]c3ccccc23)oc1-c1ccccc1. The molecule has 0 aliphatic rings. The Bertz CT molecular complexity index is 1100. The number of hydrogen-bond donors (Lipinski definition) is 2. The normalized spacial score (nSPS) is 12.2. The van der Waals surface area contributed by atoms with E-state index in [0.717, 1.165) is 22.0 Å². The first-order valence-electron chi connectivity index (χ1n) is 9.21. The molecule has 0 aliphatic heterocycles. The van der Waals surface area contributed by atoms with E-state index >= 15 is 0 Å². The van der Waals surface area contributed by atoms with E-state index in [2.05, 4.69) is 9.97 Å². The van der Waals surface area contributed by atoms with Crippen LogP contribution in [-0.2, 0) is 11.2 Å². The van der Waals surface area contributed by atoms with Crippen LogP contribution in [0.1, 0.15) is 34.9 Å². The lowest BCUT2D eigenvalue weighted by molar-refractivity contribution is 0.0520. The minimum absolute atomic E-state index is 0.150. The Kier molecular flexibility index (Phi) is 4.95. The van der Waals surface area contributed by atoms with E-state index in [9.17, 15) is 4.79 Å². The fraction of sp³-hybridized carbons (Fsp3) is 0.182. The molecule has 0 saturated heterocycles. The first kappa shape index (κ1) is 18.0. The number of nitrogens with two attached hydrogens (primary N) is 1. The number of rotatable bonds is 6. The zero-order valence-electron chi connectivity index (χ0n) is 15.5. The number of benzene rings is 2. The van der Waals surface area contributed by atoms with E-state index in [1.807, 2.05) is 60.8 Å². The molecule has 2 heterocycles. The Labute approximate surface area is 162 Å². The minimum Gasteiger partial charge on any atom is -0.461 e. The number of H-pyrrole nitrogens is 1. The predicted octanol–water partition coefficient (Wildman–Crippen LogP) is 4.24. The molecule has 0 bridgehead atoms. The summed E-state index contributed by atoms with van der Waals surface area (Å²) < 4.78 is 11.1. The van der Waals surface area contributed by atoms with E-state index < -0.39 is 12.0 Å². The number of esters is 1. The van der Waals surface area contributed by atoms with Crippen molar-refractivity contribution >= 4 is 16.9 Å². The molecule has 6 nitrogen and oxygen atoms in total. The van der Waals surface area contributed by atoms with E-state index in [1.165, 1.54) is 0 Å². The molecule has 1 atom stereocenters. The fourth-order valence-electron chi connectivity index (χ4n) is 3.24. The number of hydrogen-bond acceptors (Lipinski definition) is 5. The van der Waals surface area contributed by atoms with Crippen molar-refractivity contribution in [2.24, 2.45) is 5.73 Å². The third kappa shape index (κ3) is 3.42. The van der Waals surface area contributed by atoms with Crippen molar-refractivity contribution < 1.29 is 13.9 Å². The molecule has 2 aromatic carbocycles. The summed E-state index contributed by atoms with van der Waals surface area (Å²) >= 11 is 0. The molecule has 0 saturated carbocycles. The van der Waals surface area contributed by atoms with Crippen LogP contribution in [0.4, 0.5) is 0 Å². The number of aromatic amines is 1. The third-order valence-corrected chi connectivity index (χ3v) is 4.58. The molecule has 0 unspecified atom stereocenters. The largest absolute Gasteiger partial charge is 0.461 e. The van der Waals surface area contributed by atoms with Crippen LogP contribution >= 0.6 is 0 Å². The van der Waals surface area contributed by atoms with Crippen LogP contribution in [0.15, 0.2) is 65.2 Å². The standard InChI is InChI=1S/C22H21N3O3/c1-2-27-22(26)19-20(14-8-4-3-5-9-14)28-21(25-19)17(23)12-15-13-24-18-11-7-6-10-16(15)18/h3-11,13,17,24H,2,12,23H2,1H3/t17-/m1/s1. The maximum Gasteiger partial charge on any atom is 0.360 e. The molecule has 28 heavy (non-hydrogen) atoms. The van der Waals surface area contributed by atoms with E-state index in [1.54, 1.807) is 6.92 Å². The summed E-state index contributed by atoms with van der Waals surface area (Å²) in [6.07, 6.45) is 2.47. The molecule has 4 aromatic rings. The van der Waals surface area contributed by atoms with Crippen molar-refractivity contribution in [1.29, 1.82) is 0 Å². The first-order chi connectivity index (χ1) is 13.7. The Morgan fingerprint density at radius 1 is 1.18 bits per heavy atom. The monoisotopic (exact) mass is 375 g/mol. The molecule has 0 amide bonds. The highest BCUT2D eigenvalue weighted by Gasteiger charge is 2.25. The summed E-state index contributed by atoms with van der Waals surface area (Å²) in [4.78, 5) is 20.0. The lowest BCUT2D eigenvalue weighted by atomic mass is 10.1. The van der Waals surface area contributed by atoms with Crippen molar-refractivity contribution in [2.45, 2.75) is 19.4 Å². The van der Waals surface area contributed by atoms with Gasteiger partial charge in [-0.3, -0.25) is 0 Å². The summed E-state index contributed by atoms with van der Waals surface area (Å²) in [5.74, 6) is 0.172. The van der Waals surface area contributed by atoms with Gasteiger partial charge in [0.25, 0.3) is 0 Å². The summed E-state index contributed by atoms with van der Waals surface area (Å²) in [7, 11) is 0. The van der Waals surface area contributed by atoms with Crippen molar-refractivity contribution in [3.05, 3.63) is 77.9 Å². The van der Waals surface area contributed by atoms with E-state index in [4.69, 9.17) is 14.9 Å². The van der Waals surface area contributed by atoms with Gasteiger partial charge in [-0.05, 0) is 25.0 Å². The van der Waals surface area contributed by atoms with Crippen LogP contribution in [0.25, 0.3) is 22.2 Å². The van der Waals surface area contributed by atoms with E-state index in [-0.39, 0.29) is 12.3 Å². The third-order valence-electron chi connectivity index (χ3n) is 4.58. The Morgan fingerprint density at radius 3 is 2.71 bits per heavy atom. The van der Waals surface area contributed by atoms with Gasteiger partial charge < -0.3 is 19.9 Å². The minimum atomic E-state index is -0.518. The molecule has 0 fully saturated rings. The Morgan fingerprint density at radius 2 is 1.93 bits per heavy atom. The number of oxazole rings is 1. The van der Waals surface area contributed by atoms with Crippen molar-refractivity contribution in [3.8, 4) is 11.3 Å². The quantitative estimate of drug-likeness (QED) is 0.492. The maximum atomic E-state index is 12.4. The number of ether oxygens (including phenoxy) is 1. The van der Waals surface area contributed by atoms with Gasteiger partial charge in [0.05, 0.1) is 12.6 Å². The highest BCUT2D eigenvalue weighted by Crippen LogP contribution is 2.29. The molecule has 6 heteroatoms. The highest BCUT2D eigenvalue weighted by atomic mass is 16.5. The van der Waals surface area contributed by atoms with E-state index in [0.29, 0.717) is 18.1 Å². The average molecular weight is 375 g/mol. The van der Waals surface area contributed by atoms with Crippen LogP contribution in [0.5, 0.6) is 0 Å². The molecular formula is C22H21N3O3. The number of para-hydroxylation sites is 1. The number of nitrogens with one attached hydrogen (secondary N) is 1. The van der Waals surface area contributed by atoms with Crippen LogP contribution in [0.2, 0.25) is 0 Å². The molecule has 142 valence electrons. The Balaban J connectivity index is 1.68. The number of carbonyl (C=O) groups is 1. The van der Waals surface area contributed by atoms with Gasteiger partial charge in [-0.25, -0.2) is 9.78 Å². The second-order valence-electron chi connectivity index (χ2n) is 6.49. The molecule has 3 N–H and O–H groups in total. The zero-order chi connectivity index (χ0) is 19.5. The zero-order valence-corrected chi connectivity index (χ0v) is 15.5. The molecule has 0 radical (unpaired) electrons. The van der Waals surface area contributed by atoms with Gasteiger partial charge in [-0.1, -0.05) is 48.5 Å². The van der Waals surface area contributed by atoms with Crippen molar-refractivity contribution in [1.82, 2.24) is 9.97 Å². The lowest BCUT2D eigenvalue weighted by Gasteiger charge is -2.06. The van der Waals surface area contributed by atoms with Gasteiger partial charge in [0.15, 0.2) is 11.5 Å². The van der Waals surface area contributed by atoms with Crippen LogP contribution in [-0.4, -0.2) is 22.5 Å². The molecule has 0 spiro atoms. The average Bonchev–Trinajstić information content (AvgIpc) is 3.34. The van der Waals surface area contributed by atoms with Crippen LogP contribution < -0.4 is 5.73 Å². The first-order valence-corrected chi connectivity index (χ1v) is 9.21. The van der Waals surface area contributed by atoms with Gasteiger partial charge in [0, 0.05) is 22.7 Å². The van der Waals surface area contributed by atoms with Gasteiger partial charge >= 0.3 is 5.97 Å². The Hall–Kier alpha value is -3.38. The molecular weight excluding hydrogens is 354 g/mol. The van der Waals surface area contributed by atoms with Crippen molar-refractivity contribution in [2.75, 3.05) is 6.61 Å². The molecule has 4 rings (SSSR count). The molecule has 2 aromatic heterocycles. The highest BCUT2D eigenvalue weighted by molar-refractivity contribution is 5.93.